The fraction of sp³-hybridized carbons (Fsp3) is 0.133. The van der Waals surface area contributed by atoms with Crippen molar-refractivity contribution in [3.05, 3.63) is 63.1 Å². The fourth-order valence-corrected chi connectivity index (χ4v) is 2.13. The molecule has 0 fully saturated rings. The molecule has 0 aliphatic rings. The number of rotatable bonds is 5. The standard InChI is InChI=1S/C15H12Cl3NO2/c16-10-1-4-12(5-2-10)21-8-7-19-15(20)13-9-11(17)3-6-14(13)18/h1-6,9H,7-8H2,(H,19,20). The normalized spacial score (nSPS) is 10.2. The number of ether oxygens (including phenoxy) is 1. The third kappa shape index (κ3) is 4.81. The van der Waals surface area contributed by atoms with E-state index in [9.17, 15) is 4.79 Å². The Morgan fingerprint density at radius 3 is 2.38 bits per heavy atom. The highest BCUT2D eigenvalue weighted by Crippen LogP contribution is 2.20. The summed E-state index contributed by atoms with van der Waals surface area (Å²) >= 11 is 17.6. The van der Waals surface area contributed by atoms with Crippen LogP contribution in [-0.2, 0) is 0 Å². The lowest BCUT2D eigenvalue weighted by atomic mass is 10.2. The first-order valence-electron chi connectivity index (χ1n) is 6.18. The van der Waals surface area contributed by atoms with E-state index >= 15 is 0 Å². The SMILES string of the molecule is O=C(NCCOc1ccc(Cl)cc1)c1cc(Cl)ccc1Cl. The molecule has 2 aromatic carbocycles. The number of nitrogens with one attached hydrogen (secondary N) is 1. The number of carbonyl (C=O) groups is 1. The first kappa shape index (κ1) is 16.0. The molecule has 110 valence electrons. The minimum absolute atomic E-state index is 0.290. The molecule has 0 saturated heterocycles. The fourth-order valence-electron chi connectivity index (χ4n) is 1.63. The molecule has 2 aromatic rings. The first-order chi connectivity index (χ1) is 10.1. The minimum atomic E-state index is -0.290. The Balaban J connectivity index is 1.81. The van der Waals surface area contributed by atoms with E-state index < -0.39 is 0 Å². The number of carbonyl (C=O) groups excluding carboxylic acids is 1. The highest BCUT2D eigenvalue weighted by molar-refractivity contribution is 6.35. The molecule has 0 aliphatic heterocycles. The number of halogens is 3. The molecule has 0 bridgehead atoms. The molecule has 0 spiro atoms. The van der Waals surface area contributed by atoms with Gasteiger partial charge in [-0.05, 0) is 42.5 Å². The molecule has 0 unspecified atom stereocenters. The van der Waals surface area contributed by atoms with Crippen molar-refractivity contribution >= 4 is 40.7 Å². The number of amides is 1. The van der Waals surface area contributed by atoms with E-state index in [1.807, 2.05) is 0 Å². The molecule has 0 atom stereocenters. The van der Waals surface area contributed by atoms with Crippen LogP contribution in [0.4, 0.5) is 0 Å². The molecule has 2 rings (SSSR count). The lowest BCUT2D eigenvalue weighted by Crippen LogP contribution is -2.28. The van der Waals surface area contributed by atoms with E-state index in [1.165, 1.54) is 6.07 Å². The molecule has 21 heavy (non-hydrogen) atoms. The third-order valence-corrected chi connectivity index (χ3v) is 3.46. The van der Waals surface area contributed by atoms with Gasteiger partial charge in [0.15, 0.2) is 0 Å². The predicted molar refractivity (Wildman–Crippen MR) is 85.7 cm³/mol. The van der Waals surface area contributed by atoms with E-state index in [2.05, 4.69) is 5.32 Å². The van der Waals surface area contributed by atoms with E-state index in [-0.39, 0.29) is 5.91 Å². The van der Waals surface area contributed by atoms with Crippen LogP contribution in [0.15, 0.2) is 42.5 Å². The van der Waals surface area contributed by atoms with Crippen molar-refractivity contribution < 1.29 is 9.53 Å². The first-order valence-corrected chi connectivity index (χ1v) is 7.31. The van der Waals surface area contributed by atoms with Crippen molar-refractivity contribution in [1.82, 2.24) is 5.32 Å². The molecule has 0 radical (unpaired) electrons. The Morgan fingerprint density at radius 1 is 1.00 bits per heavy atom. The van der Waals surface area contributed by atoms with Crippen LogP contribution in [0.25, 0.3) is 0 Å². The van der Waals surface area contributed by atoms with Crippen LogP contribution in [0, 0.1) is 0 Å². The van der Waals surface area contributed by atoms with Gasteiger partial charge in [0.25, 0.3) is 5.91 Å². The van der Waals surface area contributed by atoms with Gasteiger partial charge >= 0.3 is 0 Å². The van der Waals surface area contributed by atoms with Gasteiger partial charge in [-0.1, -0.05) is 34.8 Å². The van der Waals surface area contributed by atoms with Crippen LogP contribution in [0.2, 0.25) is 15.1 Å². The van der Waals surface area contributed by atoms with Gasteiger partial charge < -0.3 is 10.1 Å². The second kappa shape index (κ2) is 7.55. The second-order valence-electron chi connectivity index (χ2n) is 4.18. The summed E-state index contributed by atoms with van der Waals surface area (Å²) < 4.78 is 5.47. The summed E-state index contributed by atoms with van der Waals surface area (Å²) in [6.07, 6.45) is 0. The Morgan fingerprint density at radius 2 is 1.67 bits per heavy atom. The van der Waals surface area contributed by atoms with Gasteiger partial charge in [-0.3, -0.25) is 4.79 Å². The van der Waals surface area contributed by atoms with Crippen molar-refractivity contribution in [3.63, 3.8) is 0 Å². The molecule has 0 heterocycles. The molecule has 0 aliphatic carbocycles. The van der Waals surface area contributed by atoms with Crippen LogP contribution in [0.5, 0.6) is 5.75 Å². The van der Waals surface area contributed by atoms with Crippen molar-refractivity contribution in [2.75, 3.05) is 13.2 Å². The Bertz CT molecular complexity index is 629. The minimum Gasteiger partial charge on any atom is -0.492 e. The molecule has 1 N–H and O–H groups in total. The number of benzene rings is 2. The van der Waals surface area contributed by atoms with E-state index in [1.54, 1.807) is 36.4 Å². The summed E-state index contributed by atoms with van der Waals surface area (Å²) in [5.41, 5.74) is 0.343. The highest BCUT2D eigenvalue weighted by Gasteiger charge is 2.10. The highest BCUT2D eigenvalue weighted by atomic mass is 35.5. The van der Waals surface area contributed by atoms with Crippen molar-refractivity contribution in [2.24, 2.45) is 0 Å². The maximum absolute atomic E-state index is 11.9. The zero-order valence-electron chi connectivity index (χ0n) is 10.9. The van der Waals surface area contributed by atoms with E-state index in [0.717, 1.165) is 0 Å². The van der Waals surface area contributed by atoms with Crippen LogP contribution in [-0.4, -0.2) is 19.1 Å². The van der Waals surface area contributed by atoms with Gasteiger partial charge in [-0.15, -0.1) is 0 Å². The maximum atomic E-state index is 11.9. The quantitative estimate of drug-likeness (QED) is 0.814. The molecule has 0 aromatic heterocycles. The van der Waals surface area contributed by atoms with Gasteiger partial charge in [-0.25, -0.2) is 0 Å². The summed E-state index contributed by atoms with van der Waals surface area (Å²) in [6.45, 7) is 0.690. The van der Waals surface area contributed by atoms with E-state index in [4.69, 9.17) is 39.5 Å². The monoisotopic (exact) mass is 343 g/mol. The van der Waals surface area contributed by atoms with Gasteiger partial charge in [0.1, 0.15) is 12.4 Å². The summed E-state index contributed by atoms with van der Waals surface area (Å²) in [4.78, 5) is 11.9. The van der Waals surface area contributed by atoms with Crippen molar-refractivity contribution in [2.45, 2.75) is 0 Å². The largest absolute Gasteiger partial charge is 0.492 e. The predicted octanol–water partition coefficient (Wildman–Crippen LogP) is 4.46. The van der Waals surface area contributed by atoms with E-state index in [0.29, 0.717) is 39.5 Å². The number of hydrogen-bond acceptors (Lipinski definition) is 2. The summed E-state index contributed by atoms with van der Waals surface area (Å²) in [7, 11) is 0. The molecule has 1 amide bonds. The molecule has 0 saturated carbocycles. The van der Waals surface area contributed by atoms with Crippen LogP contribution in [0.1, 0.15) is 10.4 Å². The van der Waals surface area contributed by atoms with Crippen molar-refractivity contribution in [1.29, 1.82) is 0 Å². The topological polar surface area (TPSA) is 38.3 Å². The maximum Gasteiger partial charge on any atom is 0.252 e. The zero-order valence-corrected chi connectivity index (χ0v) is 13.2. The Kier molecular flexibility index (Phi) is 5.74. The van der Waals surface area contributed by atoms with Crippen LogP contribution in [0.3, 0.4) is 0 Å². The third-order valence-electron chi connectivity index (χ3n) is 2.64. The van der Waals surface area contributed by atoms with Crippen LogP contribution >= 0.6 is 34.8 Å². The van der Waals surface area contributed by atoms with Crippen molar-refractivity contribution in [3.8, 4) is 5.75 Å². The smallest absolute Gasteiger partial charge is 0.252 e. The van der Waals surface area contributed by atoms with Gasteiger partial charge in [0.05, 0.1) is 17.1 Å². The summed E-state index contributed by atoms with van der Waals surface area (Å²) in [5, 5.41) is 4.18. The number of hydrogen-bond donors (Lipinski definition) is 1. The molecular formula is C15H12Cl3NO2. The summed E-state index contributed by atoms with van der Waals surface area (Å²) in [5.74, 6) is 0.400. The Hall–Kier alpha value is -1.42. The van der Waals surface area contributed by atoms with Gasteiger partial charge in [0.2, 0.25) is 0 Å². The van der Waals surface area contributed by atoms with Crippen LogP contribution < -0.4 is 10.1 Å². The summed E-state index contributed by atoms with van der Waals surface area (Å²) in [6, 6.07) is 11.7. The molecule has 6 heteroatoms. The average molecular weight is 345 g/mol. The lowest BCUT2D eigenvalue weighted by molar-refractivity contribution is 0.0947. The zero-order chi connectivity index (χ0) is 15.2. The Labute approximate surface area is 137 Å². The molecule has 3 nitrogen and oxygen atoms in total. The van der Waals surface area contributed by atoms with Gasteiger partial charge in [0, 0.05) is 10.0 Å². The average Bonchev–Trinajstić information content (AvgIpc) is 2.47. The molecular weight excluding hydrogens is 333 g/mol. The van der Waals surface area contributed by atoms with Gasteiger partial charge in [-0.2, -0.15) is 0 Å². The lowest BCUT2D eigenvalue weighted by Gasteiger charge is -2.09. The second-order valence-corrected chi connectivity index (χ2v) is 5.46.